The van der Waals surface area contributed by atoms with E-state index in [2.05, 4.69) is 0 Å². The number of hydrogen-bond donors (Lipinski definition) is 0. The Labute approximate surface area is 129 Å². The lowest BCUT2D eigenvalue weighted by atomic mass is 10.1. The smallest absolute Gasteiger partial charge is 0.257 e. The summed E-state index contributed by atoms with van der Waals surface area (Å²) in [6, 6.07) is 0. The second-order valence-electron chi connectivity index (χ2n) is 6.73. The standard InChI is InChI=1S/C15H29BN2O3/c1-11(2)7-14(19)17-5-6-18(10-13(9-17)21-16)15(20)8-12(3)4/h11-13H,5-10,16H2,1-4H3. The maximum absolute atomic E-state index is 12.2. The molecule has 1 saturated heterocycles. The highest BCUT2D eigenvalue weighted by molar-refractivity contribution is 5.98. The molecule has 1 rings (SSSR count). The van der Waals surface area contributed by atoms with E-state index < -0.39 is 0 Å². The predicted molar refractivity (Wildman–Crippen MR) is 85.5 cm³/mol. The average Bonchev–Trinajstić information content (AvgIpc) is 2.59. The molecule has 0 N–H and O–H groups in total. The van der Waals surface area contributed by atoms with E-state index in [1.807, 2.05) is 37.5 Å². The van der Waals surface area contributed by atoms with Crippen LogP contribution in [0, 0.1) is 11.8 Å². The van der Waals surface area contributed by atoms with Crippen molar-refractivity contribution in [2.24, 2.45) is 11.8 Å². The monoisotopic (exact) mass is 296 g/mol. The van der Waals surface area contributed by atoms with E-state index in [9.17, 15) is 9.59 Å². The summed E-state index contributed by atoms with van der Waals surface area (Å²) in [5, 5.41) is 0. The number of rotatable bonds is 5. The van der Waals surface area contributed by atoms with Crippen LogP contribution in [0.1, 0.15) is 40.5 Å². The lowest BCUT2D eigenvalue weighted by Crippen LogP contribution is -2.39. The molecule has 5 nitrogen and oxygen atoms in total. The molecule has 1 fully saturated rings. The van der Waals surface area contributed by atoms with Gasteiger partial charge in [0.2, 0.25) is 11.8 Å². The number of carbonyl (C=O) groups excluding carboxylic acids is 2. The summed E-state index contributed by atoms with van der Waals surface area (Å²) < 4.78 is 5.45. The molecule has 0 aromatic carbocycles. The summed E-state index contributed by atoms with van der Waals surface area (Å²) in [7, 11) is 1.65. The topological polar surface area (TPSA) is 49.9 Å². The fraction of sp³-hybridized carbons (Fsp3) is 0.867. The number of nitrogens with zero attached hydrogens (tertiary/aromatic N) is 2. The second kappa shape index (κ2) is 8.42. The fourth-order valence-electron chi connectivity index (χ4n) is 2.53. The molecule has 120 valence electrons. The van der Waals surface area contributed by atoms with E-state index in [1.165, 1.54) is 0 Å². The van der Waals surface area contributed by atoms with Crippen LogP contribution < -0.4 is 0 Å². The molecule has 0 saturated carbocycles. The SMILES string of the molecule is BOC1CN(C(=O)CC(C)C)CCN(C(=O)CC(C)C)C1. The van der Waals surface area contributed by atoms with Crippen LogP contribution in [0.15, 0.2) is 0 Å². The molecule has 0 bridgehead atoms. The highest BCUT2D eigenvalue weighted by Gasteiger charge is 2.27. The van der Waals surface area contributed by atoms with E-state index in [0.29, 0.717) is 50.9 Å². The summed E-state index contributed by atoms with van der Waals surface area (Å²) >= 11 is 0. The molecule has 2 amide bonds. The van der Waals surface area contributed by atoms with Crippen molar-refractivity contribution in [1.82, 2.24) is 9.80 Å². The molecule has 0 spiro atoms. The predicted octanol–water partition coefficient (Wildman–Crippen LogP) is 0.683. The normalized spacial score (nSPS) is 17.4. The third-order valence-electron chi connectivity index (χ3n) is 3.69. The van der Waals surface area contributed by atoms with Crippen molar-refractivity contribution in [2.45, 2.75) is 46.6 Å². The van der Waals surface area contributed by atoms with Crippen LogP contribution in [0.2, 0.25) is 0 Å². The van der Waals surface area contributed by atoms with Crippen molar-refractivity contribution in [2.75, 3.05) is 26.2 Å². The first-order chi connectivity index (χ1) is 9.83. The minimum absolute atomic E-state index is 0.0975. The Morgan fingerprint density at radius 3 is 1.67 bits per heavy atom. The first-order valence-corrected chi connectivity index (χ1v) is 7.91. The van der Waals surface area contributed by atoms with Gasteiger partial charge in [0.05, 0.1) is 6.10 Å². The zero-order valence-corrected chi connectivity index (χ0v) is 14.1. The van der Waals surface area contributed by atoms with E-state index in [1.54, 1.807) is 8.05 Å². The molecule has 0 aliphatic carbocycles. The lowest BCUT2D eigenvalue weighted by molar-refractivity contribution is -0.134. The van der Waals surface area contributed by atoms with Gasteiger partial charge in [-0.2, -0.15) is 0 Å². The van der Waals surface area contributed by atoms with Crippen molar-refractivity contribution in [3.05, 3.63) is 0 Å². The molecular formula is C15H29BN2O3. The molecule has 1 heterocycles. The van der Waals surface area contributed by atoms with Gasteiger partial charge in [-0.05, 0) is 11.8 Å². The van der Waals surface area contributed by atoms with Gasteiger partial charge in [0.25, 0.3) is 8.05 Å². The van der Waals surface area contributed by atoms with Gasteiger partial charge in [0, 0.05) is 39.0 Å². The third kappa shape index (κ3) is 6.08. The Bertz CT molecular complexity index is 329. The van der Waals surface area contributed by atoms with Gasteiger partial charge in [0.1, 0.15) is 0 Å². The number of hydrogen-bond acceptors (Lipinski definition) is 3. The maximum Gasteiger partial charge on any atom is 0.257 e. The second-order valence-corrected chi connectivity index (χ2v) is 6.73. The quantitative estimate of drug-likeness (QED) is 0.701. The van der Waals surface area contributed by atoms with Gasteiger partial charge in [-0.1, -0.05) is 27.7 Å². The van der Waals surface area contributed by atoms with Crippen molar-refractivity contribution in [1.29, 1.82) is 0 Å². The maximum atomic E-state index is 12.2. The molecule has 0 atom stereocenters. The molecule has 0 radical (unpaired) electrons. The Balaban J connectivity index is 2.68. The molecule has 0 aromatic heterocycles. The van der Waals surface area contributed by atoms with E-state index in [0.717, 1.165) is 0 Å². The molecule has 21 heavy (non-hydrogen) atoms. The molecule has 1 aliphatic heterocycles. The Morgan fingerprint density at radius 2 is 1.38 bits per heavy atom. The largest absolute Gasteiger partial charge is 0.438 e. The van der Waals surface area contributed by atoms with Crippen LogP contribution in [-0.4, -0.2) is 61.9 Å². The van der Waals surface area contributed by atoms with Crippen molar-refractivity contribution < 1.29 is 14.2 Å². The first kappa shape index (κ1) is 18.0. The Hall–Kier alpha value is -1.04. The summed E-state index contributed by atoms with van der Waals surface area (Å²) in [6.07, 6.45) is 1.01. The van der Waals surface area contributed by atoms with Gasteiger partial charge < -0.3 is 14.5 Å². The third-order valence-corrected chi connectivity index (χ3v) is 3.69. The molecular weight excluding hydrogens is 267 g/mol. The molecule has 0 aromatic rings. The van der Waals surface area contributed by atoms with Crippen molar-refractivity contribution in [3.8, 4) is 0 Å². The summed E-state index contributed by atoms with van der Waals surface area (Å²) in [6.45, 7) is 10.5. The number of carbonyl (C=O) groups is 2. The van der Waals surface area contributed by atoms with Crippen LogP contribution in [0.25, 0.3) is 0 Å². The molecule has 6 heteroatoms. The minimum Gasteiger partial charge on any atom is -0.438 e. The first-order valence-electron chi connectivity index (χ1n) is 7.91. The molecule has 1 aliphatic rings. The summed E-state index contributed by atoms with van der Waals surface area (Å²) in [5.41, 5.74) is 0. The van der Waals surface area contributed by atoms with E-state index >= 15 is 0 Å². The fourth-order valence-corrected chi connectivity index (χ4v) is 2.53. The van der Waals surface area contributed by atoms with Crippen molar-refractivity contribution in [3.63, 3.8) is 0 Å². The zero-order chi connectivity index (χ0) is 16.0. The van der Waals surface area contributed by atoms with Gasteiger partial charge in [0.15, 0.2) is 0 Å². The van der Waals surface area contributed by atoms with Crippen molar-refractivity contribution >= 4 is 19.9 Å². The van der Waals surface area contributed by atoms with Crippen LogP contribution >= 0.6 is 0 Å². The van der Waals surface area contributed by atoms with E-state index in [4.69, 9.17) is 4.65 Å². The number of amides is 2. The Kier molecular flexibility index (Phi) is 7.22. The Morgan fingerprint density at radius 1 is 1.00 bits per heavy atom. The zero-order valence-electron chi connectivity index (χ0n) is 14.1. The van der Waals surface area contributed by atoms with E-state index in [-0.39, 0.29) is 17.9 Å². The highest BCUT2D eigenvalue weighted by atomic mass is 16.4. The molecule has 0 unspecified atom stereocenters. The van der Waals surface area contributed by atoms with Crippen LogP contribution in [0.5, 0.6) is 0 Å². The van der Waals surface area contributed by atoms with Crippen LogP contribution in [0.4, 0.5) is 0 Å². The highest BCUT2D eigenvalue weighted by Crippen LogP contribution is 2.13. The summed E-state index contributed by atoms with van der Waals surface area (Å²) in [4.78, 5) is 28.2. The average molecular weight is 296 g/mol. The van der Waals surface area contributed by atoms with Gasteiger partial charge >= 0.3 is 0 Å². The summed E-state index contributed by atoms with van der Waals surface area (Å²) in [5.74, 6) is 1.01. The van der Waals surface area contributed by atoms with Crippen LogP contribution in [0.3, 0.4) is 0 Å². The van der Waals surface area contributed by atoms with Gasteiger partial charge in [-0.3, -0.25) is 9.59 Å². The lowest BCUT2D eigenvalue weighted by Gasteiger charge is -2.24. The minimum atomic E-state index is -0.0975. The van der Waals surface area contributed by atoms with Crippen LogP contribution in [-0.2, 0) is 14.2 Å². The van der Waals surface area contributed by atoms with Gasteiger partial charge in [-0.25, -0.2) is 0 Å². The van der Waals surface area contributed by atoms with Gasteiger partial charge in [-0.15, -0.1) is 0 Å².